The third-order valence-electron chi connectivity index (χ3n) is 6.81. The summed E-state index contributed by atoms with van der Waals surface area (Å²) < 4.78 is 7.98. The third-order valence-corrected chi connectivity index (χ3v) is 8.19. The molecule has 182 valence electrons. The molecule has 0 spiro atoms. The van der Waals surface area contributed by atoms with Gasteiger partial charge < -0.3 is 9.64 Å². The second-order valence-corrected chi connectivity index (χ2v) is 11.1. The van der Waals surface area contributed by atoms with Crippen LogP contribution in [0.25, 0.3) is 6.08 Å². The summed E-state index contributed by atoms with van der Waals surface area (Å²) in [5.41, 5.74) is 1.29. The molecular weight excluding hydrogens is 468 g/mol. The Morgan fingerprint density at radius 1 is 1.29 bits per heavy atom. The number of piperidine rings is 1. The van der Waals surface area contributed by atoms with Crippen LogP contribution in [0.4, 0.5) is 5.82 Å². The van der Waals surface area contributed by atoms with Crippen LogP contribution in [0.1, 0.15) is 62.6 Å². The maximum Gasteiger partial charge on any atom is 0.270 e. The van der Waals surface area contributed by atoms with Gasteiger partial charge in [-0.3, -0.25) is 19.1 Å². The molecule has 2 unspecified atom stereocenters. The van der Waals surface area contributed by atoms with Crippen molar-refractivity contribution in [2.45, 2.75) is 65.5 Å². The maximum atomic E-state index is 13.3. The first-order valence-corrected chi connectivity index (χ1v) is 13.4. The largest absolute Gasteiger partial charge is 0.376 e. The predicted octanol–water partition coefficient (Wildman–Crippen LogP) is 4.05. The normalized spacial score (nSPS) is 24.4. The Hall–Kier alpha value is -2.15. The molecule has 0 radical (unpaired) electrons. The van der Waals surface area contributed by atoms with E-state index in [-0.39, 0.29) is 23.1 Å². The summed E-state index contributed by atoms with van der Waals surface area (Å²) in [7, 11) is 0. The van der Waals surface area contributed by atoms with E-state index in [1.165, 1.54) is 11.8 Å². The number of anilines is 1. The number of pyridine rings is 1. The maximum absolute atomic E-state index is 13.3. The molecule has 3 aliphatic rings. The summed E-state index contributed by atoms with van der Waals surface area (Å²) in [5.74, 6) is 1.20. The summed E-state index contributed by atoms with van der Waals surface area (Å²) in [6.07, 6.45) is 6.77. The van der Waals surface area contributed by atoms with Crippen LogP contribution in [0.3, 0.4) is 0 Å². The van der Waals surface area contributed by atoms with E-state index in [1.807, 2.05) is 19.9 Å². The average molecular weight is 501 g/mol. The Bertz CT molecular complexity index is 1110. The molecule has 9 heteroatoms. The van der Waals surface area contributed by atoms with Gasteiger partial charge in [-0.25, -0.2) is 0 Å². The summed E-state index contributed by atoms with van der Waals surface area (Å²) in [6, 6.07) is 2.12. The van der Waals surface area contributed by atoms with E-state index in [0.717, 1.165) is 63.2 Å². The highest BCUT2D eigenvalue weighted by Gasteiger charge is 2.35. The van der Waals surface area contributed by atoms with Crippen LogP contribution in [-0.4, -0.2) is 52.0 Å². The van der Waals surface area contributed by atoms with E-state index in [1.54, 1.807) is 9.47 Å². The fraction of sp³-hybridized carbons (Fsp3) is 0.600. The van der Waals surface area contributed by atoms with E-state index >= 15 is 0 Å². The molecule has 3 saturated heterocycles. The van der Waals surface area contributed by atoms with Crippen LogP contribution < -0.4 is 10.5 Å². The minimum absolute atomic E-state index is 0.0191. The monoisotopic (exact) mass is 500 g/mol. The lowest BCUT2D eigenvalue weighted by Crippen LogP contribution is -2.40. The fourth-order valence-corrected chi connectivity index (χ4v) is 6.33. The lowest BCUT2D eigenvalue weighted by atomic mass is 9.98. The average Bonchev–Trinajstić information content (AvgIpc) is 3.41. The molecule has 34 heavy (non-hydrogen) atoms. The van der Waals surface area contributed by atoms with Crippen LogP contribution in [-0.2, 0) is 16.1 Å². The highest BCUT2D eigenvalue weighted by Crippen LogP contribution is 2.37. The van der Waals surface area contributed by atoms with Crippen molar-refractivity contribution in [3.8, 4) is 6.07 Å². The summed E-state index contributed by atoms with van der Waals surface area (Å²) in [6.45, 7) is 9.46. The van der Waals surface area contributed by atoms with E-state index in [9.17, 15) is 14.9 Å². The number of hydrogen-bond donors (Lipinski definition) is 0. The molecule has 0 aliphatic carbocycles. The Labute approximate surface area is 210 Å². The molecule has 1 amide bonds. The predicted molar refractivity (Wildman–Crippen MR) is 140 cm³/mol. The smallest absolute Gasteiger partial charge is 0.270 e. The van der Waals surface area contributed by atoms with Gasteiger partial charge >= 0.3 is 0 Å². The molecule has 0 aromatic carbocycles. The molecule has 4 rings (SSSR count). The first kappa shape index (κ1) is 25.0. The molecule has 3 fully saturated rings. The second-order valence-electron chi connectivity index (χ2n) is 9.43. The first-order chi connectivity index (χ1) is 16.3. The number of carbonyl (C=O) groups is 1. The van der Waals surface area contributed by atoms with Crippen LogP contribution in [0.5, 0.6) is 0 Å². The number of ether oxygens (including phenoxy) is 1. The quantitative estimate of drug-likeness (QED) is 0.431. The van der Waals surface area contributed by atoms with Gasteiger partial charge in [-0.2, -0.15) is 5.26 Å². The van der Waals surface area contributed by atoms with Crippen molar-refractivity contribution in [3.63, 3.8) is 0 Å². The minimum Gasteiger partial charge on any atom is -0.376 e. The highest BCUT2D eigenvalue weighted by atomic mass is 32.2. The number of nitriles is 1. The molecule has 7 nitrogen and oxygen atoms in total. The van der Waals surface area contributed by atoms with Crippen molar-refractivity contribution in [2.24, 2.45) is 5.92 Å². The number of rotatable bonds is 6. The lowest BCUT2D eigenvalue weighted by molar-refractivity contribution is -0.123. The standard InChI is InChI=1S/C25H32N4O3S2/c1-4-9-28-22(27-10-5-7-16(2)14-27)19(17(3)20(13-26)23(28)30)12-21-24(31)29(25(33)34-21)15-18-8-6-11-32-18/h12,16,18H,4-11,14-15H2,1-3H3/b21-12-. The first-order valence-electron chi connectivity index (χ1n) is 12.1. The molecule has 0 N–H and O–H groups in total. The molecular formula is C25H32N4O3S2. The molecule has 2 atom stereocenters. The van der Waals surface area contributed by atoms with Gasteiger partial charge in [0, 0.05) is 31.8 Å². The SMILES string of the molecule is CCCn1c(N2CCCC(C)C2)c(/C=C2\SC(=S)N(CC3CCCO3)C2=O)c(C)c(C#N)c1=O. The van der Waals surface area contributed by atoms with Gasteiger partial charge in [-0.05, 0) is 56.6 Å². The Kier molecular flexibility index (Phi) is 7.80. The fourth-order valence-electron chi connectivity index (χ4n) is 5.08. The highest BCUT2D eigenvalue weighted by molar-refractivity contribution is 8.26. The Morgan fingerprint density at radius 2 is 2.09 bits per heavy atom. The van der Waals surface area contributed by atoms with Crippen molar-refractivity contribution in [3.05, 3.63) is 31.9 Å². The van der Waals surface area contributed by atoms with Gasteiger partial charge in [-0.1, -0.05) is 37.8 Å². The topological polar surface area (TPSA) is 78.6 Å². The summed E-state index contributed by atoms with van der Waals surface area (Å²) in [5, 5.41) is 9.80. The zero-order valence-electron chi connectivity index (χ0n) is 20.1. The van der Waals surface area contributed by atoms with Crippen LogP contribution in [0.2, 0.25) is 0 Å². The molecule has 0 saturated carbocycles. The molecule has 3 aliphatic heterocycles. The number of nitrogens with zero attached hydrogens (tertiary/aromatic N) is 4. The van der Waals surface area contributed by atoms with Gasteiger partial charge in [0.15, 0.2) is 0 Å². The van der Waals surface area contributed by atoms with E-state index in [4.69, 9.17) is 17.0 Å². The van der Waals surface area contributed by atoms with Crippen molar-refractivity contribution in [2.75, 3.05) is 31.1 Å². The number of thiocarbonyl (C=S) groups is 1. The number of amides is 1. The van der Waals surface area contributed by atoms with E-state index < -0.39 is 0 Å². The molecule has 1 aromatic heterocycles. The van der Waals surface area contributed by atoms with Crippen molar-refractivity contribution in [1.82, 2.24) is 9.47 Å². The van der Waals surface area contributed by atoms with Crippen molar-refractivity contribution < 1.29 is 9.53 Å². The van der Waals surface area contributed by atoms with Crippen LogP contribution in [0.15, 0.2) is 9.70 Å². The molecule has 4 heterocycles. The van der Waals surface area contributed by atoms with Gasteiger partial charge in [0.2, 0.25) is 0 Å². The molecule has 1 aromatic rings. The zero-order valence-corrected chi connectivity index (χ0v) is 21.8. The number of carbonyl (C=O) groups excluding carboxylic acids is 1. The van der Waals surface area contributed by atoms with Crippen molar-refractivity contribution >= 4 is 46.1 Å². The number of aromatic nitrogens is 1. The molecule has 0 bridgehead atoms. The van der Waals surface area contributed by atoms with E-state index in [0.29, 0.717) is 33.8 Å². The second kappa shape index (κ2) is 10.6. The van der Waals surface area contributed by atoms with Gasteiger partial charge in [-0.15, -0.1) is 0 Å². The summed E-state index contributed by atoms with van der Waals surface area (Å²) in [4.78, 5) is 31.0. The Morgan fingerprint density at radius 3 is 2.74 bits per heavy atom. The Balaban J connectivity index is 1.81. The van der Waals surface area contributed by atoms with Crippen molar-refractivity contribution in [1.29, 1.82) is 5.26 Å². The number of thioether (sulfide) groups is 1. The van der Waals surface area contributed by atoms with Crippen LogP contribution in [0, 0.1) is 24.2 Å². The number of hydrogen-bond acceptors (Lipinski definition) is 7. The van der Waals surface area contributed by atoms with Gasteiger partial charge in [0.25, 0.3) is 11.5 Å². The van der Waals surface area contributed by atoms with Crippen LogP contribution >= 0.6 is 24.0 Å². The lowest BCUT2D eigenvalue weighted by Gasteiger charge is -2.36. The van der Waals surface area contributed by atoms with Gasteiger partial charge in [0.05, 0.1) is 17.6 Å². The zero-order chi connectivity index (χ0) is 24.4. The van der Waals surface area contributed by atoms with E-state index in [2.05, 4.69) is 17.9 Å². The minimum atomic E-state index is -0.252. The summed E-state index contributed by atoms with van der Waals surface area (Å²) >= 11 is 6.83. The third kappa shape index (κ3) is 4.81. The van der Waals surface area contributed by atoms with Gasteiger partial charge in [0.1, 0.15) is 21.8 Å².